The minimum Gasteiger partial charge on any atom is -0.274 e. The summed E-state index contributed by atoms with van der Waals surface area (Å²) in [6.07, 6.45) is 2.98. The summed E-state index contributed by atoms with van der Waals surface area (Å²) in [5.74, 6) is -0.472. The van der Waals surface area contributed by atoms with Crippen molar-refractivity contribution < 1.29 is 9.72 Å². The molecule has 0 aliphatic carbocycles. The summed E-state index contributed by atoms with van der Waals surface area (Å²) < 4.78 is 2.05. The second-order valence-electron chi connectivity index (χ2n) is 3.63. The molecule has 20 heavy (non-hydrogen) atoms. The molecule has 0 aliphatic rings. The molecule has 0 saturated heterocycles. The third kappa shape index (κ3) is 3.27. The van der Waals surface area contributed by atoms with E-state index in [4.69, 9.17) is 0 Å². The van der Waals surface area contributed by atoms with E-state index in [1.807, 2.05) is 0 Å². The molecular formula is C10H8BrN5O3S. The van der Waals surface area contributed by atoms with Gasteiger partial charge in [0.2, 0.25) is 0 Å². The number of halogens is 1. The van der Waals surface area contributed by atoms with Crippen LogP contribution in [0.15, 0.2) is 27.9 Å². The fourth-order valence-corrected chi connectivity index (χ4v) is 2.58. The van der Waals surface area contributed by atoms with Gasteiger partial charge in [-0.15, -0.1) is 0 Å². The van der Waals surface area contributed by atoms with E-state index < -0.39 is 10.8 Å². The summed E-state index contributed by atoms with van der Waals surface area (Å²) in [6.45, 7) is 0. The van der Waals surface area contributed by atoms with E-state index in [2.05, 4.69) is 31.6 Å². The van der Waals surface area contributed by atoms with Crippen LogP contribution in [0.25, 0.3) is 0 Å². The van der Waals surface area contributed by atoms with Crippen LogP contribution in [0.5, 0.6) is 0 Å². The van der Waals surface area contributed by atoms with E-state index >= 15 is 0 Å². The fraction of sp³-hybridized carbons (Fsp3) is 0.100. The Bertz CT molecular complexity index is 693. The van der Waals surface area contributed by atoms with Gasteiger partial charge in [0.15, 0.2) is 5.69 Å². The van der Waals surface area contributed by atoms with E-state index in [9.17, 15) is 14.9 Å². The van der Waals surface area contributed by atoms with Crippen molar-refractivity contribution >= 4 is 44.4 Å². The molecule has 1 amide bonds. The summed E-state index contributed by atoms with van der Waals surface area (Å²) in [7, 11) is 1.69. The van der Waals surface area contributed by atoms with E-state index in [1.54, 1.807) is 19.3 Å². The predicted octanol–water partition coefficient (Wildman–Crippen LogP) is 1.92. The number of rotatable bonds is 4. The molecule has 104 valence electrons. The minimum atomic E-state index is -0.481. The maximum atomic E-state index is 11.7. The molecule has 0 aromatic carbocycles. The standard InChI is InChI=1S/C10H8BrN5O3S/c1-15-5-7(11)9(14-15)10(17)13-12-4-6-2-3-8(20-6)16(18)19/h2-5H,1H3,(H,13,17)/b12-4+. The SMILES string of the molecule is Cn1cc(Br)c(C(=O)N/N=C/c2ccc([N+](=O)[O-])s2)n1. The largest absolute Gasteiger partial charge is 0.324 e. The summed E-state index contributed by atoms with van der Waals surface area (Å²) in [4.78, 5) is 22.3. The van der Waals surface area contributed by atoms with Gasteiger partial charge in [-0.2, -0.15) is 10.2 Å². The maximum Gasteiger partial charge on any atom is 0.324 e. The smallest absolute Gasteiger partial charge is 0.274 e. The van der Waals surface area contributed by atoms with E-state index in [-0.39, 0.29) is 10.7 Å². The molecule has 2 rings (SSSR count). The molecule has 0 unspecified atom stereocenters. The van der Waals surface area contributed by atoms with Crippen molar-refractivity contribution in [3.63, 3.8) is 0 Å². The minimum absolute atomic E-state index is 0.0187. The van der Waals surface area contributed by atoms with Crippen molar-refractivity contribution in [1.29, 1.82) is 0 Å². The van der Waals surface area contributed by atoms with Gasteiger partial charge in [-0.25, -0.2) is 5.43 Å². The second kappa shape index (κ2) is 5.92. The lowest BCUT2D eigenvalue weighted by molar-refractivity contribution is -0.380. The van der Waals surface area contributed by atoms with Crippen LogP contribution in [0.1, 0.15) is 15.4 Å². The van der Waals surface area contributed by atoms with Gasteiger partial charge in [-0.05, 0) is 22.0 Å². The van der Waals surface area contributed by atoms with Crippen LogP contribution in [-0.4, -0.2) is 26.8 Å². The first-order valence-electron chi connectivity index (χ1n) is 5.24. The number of aromatic nitrogens is 2. The molecule has 2 aromatic heterocycles. The zero-order chi connectivity index (χ0) is 14.7. The predicted molar refractivity (Wildman–Crippen MR) is 76.9 cm³/mol. The Morgan fingerprint density at radius 2 is 2.40 bits per heavy atom. The number of amides is 1. The number of hydrazone groups is 1. The lowest BCUT2D eigenvalue weighted by Gasteiger charge is -1.95. The Kier molecular flexibility index (Phi) is 4.25. The van der Waals surface area contributed by atoms with Crippen molar-refractivity contribution in [3.05, 3.63) is 43.5 Å². The van der Waals surface area contributed by atoms with Crippen molar-refractivity contribution in [2.75, 3.05) is 0 Å². The van der Waals surface area contributed by atoms with Gasteiger partial charge in [-0.1, -0.05) is 11.3 Å². The summed E-state index contributed by atoms with van der Waals surface area (Å²) in [6, 6.07) is 2.93. The second-order valence-corrected chi connectivity index (χ2v) is 5.58. The zero-order valence-electron chi connectivity index (χ0n) is 10.1. The lowest BCUT2D eigenvalue weighted by Crippen LogP contribution is -2.18. The molecule has 8 nitrogen and oxygen atoms in total. The number of hydrogen-bond acceptors (Lipinski definition) is 6. The molecule has 0 fully saturated rings. The number of thiophene rings is 1. The van der Waals surface area contributed by atoms with Crippen LogP contribution in [0.4, 0.5) is 5.00 Å². The van der Waals surface area contributed by atoms with Crippen LogP contribution >= 0.6 is 27.3 Å². The molecule has 0 spiro atoms. The van der Waals surface area contributed by atoms with Crippen molar-refractivity contribution in [2.24, 2.45) is 12.1 Å². The van der Waals surface area contributed by atoms with Crippen LogP contribution in [0.3, 0.4) is 0 Å². The molecule has 1 N–H and O–H groups in total. The molecule has 10 heteroatoms. The first kappa shape index (κ1) is 14.3. The van der Waals surface area contributed by atoms with Gasteiger partial charge in [0, 0.05) is 19.3 Å². The number of aryl methyl sites for hydroxylation is 1. The summed E-state index contributed by atoms with van der Waals surface area (Å²) in [5, 5.41) is 18.2. The van der Waals surface area contributed by atoms with Crippen LogP contribution < -0.4 is 5.43 Å². The average molecular weight is 358 g/mol. The number of nitrogens with zero attached hydrogens (tertiary/aromatic N) is 4. The molecule has 0 atom stereocenters. The Morgan fingerprint density at radius 3 is 2.95 bits per heavy atom. The van der Waals surface area contributed by atoms with Gasteiger partial charge < -0.3 is 0 Å². The quantitative estimate of drug-likeness (QED) is 0.512. The van der Waals surface area contributed by atoms with Gasteiger partial charge in [0.05, 0.1) is 20.5 Å². The van der Waals surface area contributed by atoms with Gasteiger partial charge in [-0.3, -0.25) is 19.6 Å². The highest BCUT2D eigenvalue weighted by molar-refractivity contribution is 9.10. The van der Waals surface area contributed by atoms with Crippen molar-refractivity contribution in [3.8, 4) is 0 Å². The van der Waals surface area contributed by atoms with Gasteiger partial charge in [0.25, 0.3) is 5.91 Å². The molecule has 2 heterocycles. The van der Waals surface area contributed by atoms with Crippen LogP contribution in [0, 0.1) is 10.1 Å². The Morgan fingerprint density at radius 1 is 1.65 bits per heavy atom. The van der Waals surface area contributed by atoms with E-state index in [0.717, 1.165) is 11.3 Å². The third-order valence-corrected chi connectivity index (χ3v) is 3.70. The van der Waals surface area contributed by atoms with Crippen molar-refractivity contribution in [2.45, 2.75) is 0 Å². The van der Waals surface area contributed by atoms with Crippen LogP contribution in [0.2, 0.25) is 0 Å². The summed E-state index contributed by atoms with van der Waals surface area (Å²) in [5.41, 5.74) is 2.51. The number of hydrogen-bond donors (Lipinski definition) is 1. The molecular weight excluding hydrogens is 350 g/mol. The molecule has 2 aromatic rings. The first-order valence-corrected chi connectivity index (χ1v) is 6.85. The van der Waals surface area contributed by atoms with Crippen molar-refractivity contribution in [1.82, 2.24) is 15.2 Å². The fourth-order valence-electron chi connectivity index (χ4n) is 1.33. The van der Waals surface area contributed by atoms with Gasteiger partial charge >= 0.3 is 5.00 Å². The molecule has 0 aliphatic heterocycles. The Labute approximate surface area is 125 Å². The number of carbonyl (C=O) groups excluding carboxylic acids is 1. The Balaban J connectivity index is 2.00. The van der Waals surface area contributed by atoms with Gasteiger partial charge in [0.1, 0.15) is 0 Å². The first-order chi connectivity index (χ1) is 9.47. The molecule has 0 bridgehead atoms. The highest BCUT2D eigenvalue weighted by Gasteiger charge is 2.13. The van der Waals surface area contributed by atoms with Crippen LogP contribution in [-0.2, 0) is 7.05 Å². The number of nitro groups is 1. The Hall–Kier alpha value is -2.07. The maximum absolute atomic E-state index is 11.7. The topological polar surface area (TPSA) is 102 Å². The summed E-state index contributed by atoms with van der Waals surface area (Å²) >= 11 is 4.17. The molecule has 0 saturated carbocycles. The lowest BCUT2D eigenvalue weighted by atomic mass is 10.4. The monoisotopic (exact) mass is 357 g/mol. The number of carbonyl (C=O) groups is 1. The third-order valence-electron chi connectivity index (χ3n) is 2.15. The average Bonchev–Trinajstić information content (AvgIpc) is 2.96. The zero-order valence-corrected chi connectivity index (χ0v) is 12.5. The normalized spacial score (nSPS) is 10.9. The van der Waals surface area contributed by atoms with E-state index in [0.29, 0.717) is 9.35 Å². The van der Waals surface area contributed by atoms with E-state index in [1.165, 1.54) is 17.0 Å². The number of nitrogens with one attached hydrogen (secondary N) is 1. The highest BCUT2D eigenvalue weighted by atomic mass is 79.9. The highest BCUT2D eigenvalue weighted by Crippen LogP contribution is 2.22. The molecule has 0 radical (unpaired) electrons.